The molecular weight excluding hydrogens is 301 g/mol. The van der Waals surface area contributed by atoms with Gasteiger partial charge in [-0.25, -0.2) is 4.39 Å². The molecule has 0 radical (unpaired) electrons. The highest BCUT2D eigenvalue weighted by molar-refractivity contribution is 9.10. The van der Waals surface area contributed by atoms with E-state index in [-0.39, 0.29) is 28.1 Å². The van der Waals surface area contributed by atoms with E-state index in [4.69, 9.17) is 0 Å². The quantitative estimate of drug-likeness (QED) is 0.748. The molecule has 2 bridgehead atoms. The zero-order chi connectivity index (χ0) is 12.9. The second-order valence-corrected chi connectivity index (χ2v) is 5.67. The van der Waals surface area contributed by atoms with Crippen molar-refractivity contribution < 1.29 is 14.0 Å². The van der Waals surface area contributed by atoms with Crippen LogP contribution in [0.4, 0.5) is 10.1 Å². The molecule has 2 atom stereocenters. The number of carbonyl (C=O) groups is 2. The van der Waals surface area contributed by atoms with Crippen molar-refractivity contribution in [3.8, 4) is 0 Å². The summed E-state index contributed by atoms with van der Waals surface area (Å²) in [5, 5.41) is 0. The summed E-state index contributed by atoms with van der Waals surface area (Å²) in [5.74, 6) is -0.786. The van der Waals surface area contributed by atoms with Gasteiger partial charge in [-0.3, -0.25) is 14.5 Å². The van der Waals surface area contributed by atoms with Crippen molar-refractivity contribution in [2.24, 2.45) is 11.8 Å². The molecule has 0 N–H and O–H groups in total. The SMILES string of the molecule is O=C1C2CCC(C2)C(=O)N1c1ccc(F)c(Br)c1. The molecule has 1 aromatic rings. The van der Waals surface area contributed by atoms with E-state index in [9.17, 15) is 14.0 Å². The van der Waals surface area contributed by atoms with Crippen LogP contribution in [0.1, 0.15) is 19.3 Å². The number of fused-ring (bicyclic) bond motifs is 2. The molecule has 2 amide bonds. The third-order valence-electron chi connectivity index (χ3n) is 3.73. The van der Waals surface area contributed by atoms with Crippen molar-refractivity contribution in [2.45, 2.75) is 19.3 Å². The maximum Gasteiger partial charge on any atom is 0.236 e. The summed E-state index contributed by atoms with van der Waals surface area (Å²) >= 11 is 3.07. The minimum atomic E-state index is -0.404. The Kier molecular flexibility index (Phi) is 2.73. The molecule has 2 unspecified atom stereocenters. The van der Waals surface area contributed by atoms with Gasteiger partial charge >= 0.3 is 0 Å². The smallest absolute Gasteiger partial charge is 0.236 e. The van der Waals surface area contributed by atoms with Gasteiger partial charge in [-0.1, -0.05) is 0 Å². The van der Waals surface area contributed by atoms with Crippen LogP contribution >= 0.6 is 15.9 Å². The van der Waals surface area contributed by atoms with Crippen molar-refractivity contribution in [1.82, 2.24) is 0 Å². The number of carbonyl (C=O) groups excluding carboxylic acids is 2. The number of anilines is 1. The minimum absolute atomic E-state index is 0.0449. The van der Waals surface area contributed by atoms with Gasteiger partial charge in [0.1, 0.15) is 5.82 Å². The molecule has 2 fully saturated rings. The van der Waals surface area contributed by atoms with E-state index in [0.717, 1.165) is 12.8 Å². The van der Waals surface area contributed by atoms with E-state index in [1.807, 2.05) is 0 Å². The number of hydrogen-bond donors (Lipinski definition) is 0. The van der Waals surface area contributed by atoms with Crippen LogP contribution in [0.3, 0.4) is 0 Å². The Bertz CT molecular complexity index is 524. The first-order valence-electron chi connectivity index (χ1n) is 5.91. The predicted octanol–water partition coefficient (Wildman–Crippen LogP) is 2.88. The molecular formula is C13H11BrFNO2. The maximum atomic E-state index is 13.2. The number of piperidine rings is 1. The van der Waals surface area contributed by atoms with Gasteiger partial charge in [0.2, 0.25) is 11.8 Å². The molecule has 18 heavy (non-hydrogen) atoms. The van der Waals surface area contributed by atoms with Crippen molar-refractivity contribution >= 4 is 33.4 Å². The summed E-state index contributed by atoms with van der Waals surface area (Å²) in [7, 11) is 0. The Labute approximate surface area is 112 Å². The molecule has 5 heteroatoms. The number of halogens is 2. The summed E-state index contributed by atoms with van der Waals surface area (Å²) in [6.07, 6.45) is 2.25. The van der Waals surface area contributed by atoms with Gasteiger partial charge in [-0.05, 0) is 53.4 Å². The van der Waals surface area contributed by atoms with Gasteiger partial charge in [-0.2, -0.15) is 0 Å². The van der Waals surface area contributed by atoms with E-state index in [1.165, 1.54) is 23.1 Å². The van der Waals surface area contributed by atoms with Gasteiger partial charge in [0.15, 0.2) is 0 Å². The first-order chi connectivity index (χ1) is 8.58. The number of imide groups is 1. The standard InChI is InChI=1S/C13H11BrFNO2/c14-10-6-9(3-4-11(10)15)16-12(17)7-1-2-8(5-7)13(16)18/h3-4,6-8H,1-2,5H2. The van der Waals surface area contributed by atoms with Crippen LogP contribution in [0.15, 0.2) is 22.7 Å². The lowest BCUT2D eigenvalue weighted by Gasteiger charge is -2.29. The zero-order valence-corrected chi connectivity index (χ0v) is 11.1. The van der Waals surface area contributed by atoms with Crippen LogP contribution in [-0.4, -0.2) is 11.8 Å². The van der Waals surface area contributed by atoms with Crippen molar-refractivity contribution in [3.05, 3.63) is 28.5 Å². The molecule has 94 valence electrons. The molecule has 1 aromatic carbocycles. The molecule has 1 heterocycles. The molecule has 1 aliphatic heterocycles. The van der Waals surface area contributed by atoms with Gasteiger partial charge in [0.05, 0.1) is 10.2 Å². The lowest BCUT2D eigenvalue weighted by Crippen LogP contribution is -2.46. The highest BCUT2D eigenvalue weighted by Gasteiger charge is 2.45. The lowest BCUT2D eigenvalue weighted by molar-refractivity contribution is -0.132. The monoisotopic (exact) mass is 311 g/mol. The van der Waals surface area contributed by atoms with Gasteiger partial charge in [-0.15, -0.1) is 0 Å². The summed E-state index contributed by atoms with van der Waals surface area (Å²) < 4.78 is 13.5. The van der Waals surface area contributed by atoms with Crippen molar-refractivity contribution in [2.75, 3.05) is 4.90 Å². The number of rotatable bonds is 1. The summed E-state index contributed by atoms with van der Waals surface area (Å²) in [5.41, 5.74) is 0.454. The lowest BCUT2D eigenvalue weighted by atomic mass is 9.96. The van der Waals surface area contributed by atoms with E-state index in [0.29, 0.717) is 12.1 Å². The Morgan fingerprint density at radius 1 is 1.17 bits per heavy atom. The van der Waals surface area contributed by atoms with Crippen LogP contribution < -0.4 is 4.90 Å². The Morgan fingerprint density at radius 2 is 1.78 bits per heavy atom. The largest absolute Gasteiger partial charge is 0.274 e. The summed E-state index contributed by atoms with van der Waals surface area (Å²) in [4.78, 5) is 25.6. The maximum absolute atomic E-state index is 13.2. The average Bonchev–Trinajstić information content (AvgIpc) is 2.78. The molecule has 0 spiro atoms. The fourth-order valence-electron chi connectivity index (χ4n) is 2.78. The highest BCUT2D eigenvalue weighted by Crippen LogP contribution is 2.40. The van der Waals surface area contributed by atoms with Gasteiger partial charge < -0.3 is 0 Å². The van der Waals surface area contributed by atoms with Crippen molar-refractivity contribution in [3.63, 3.8) is 0 Å². The van der Waals surface area contributed by atoms with Crippen LogP contribution in [0.25, 0.3) is 0 Å². The predicted molar refractivity (Wildman–Crippen MR) is 67.4 cm³/mol. The van der Waals surface area contributed by atoms with Crippen LogP contribution in [-0.2, 0) is 9.59 Å². The molecule has 1 saturated heterocycles. The van der Waals surface area contributed by atoms with E-state index in [2.05, 4.69) is 15.9 Å². The summed E-state index contributed by atoms with van der Waals surface area (Å²) in [6.45, 7) is 0. The first-order valence-corrected chi connectivity index (χ1v) is 6.70. The number of hydrogen-bond acceptors (Lipinski definition) is 2. The first kappa shape index (κ1) is 11.8. The van der Waals surface area contributed by atoms with Crippen molar-refractivity contribution in [1.29, 1.82) is 0 Å². The highest BCUT2D eigenvalue weighted by atomic mass is 79.9. The normalized spacial score (nSPS) is 26.9. The fourth-order valence-corrected chi connectivity index (χ4v) is 3.15. The molecule has 0 aromatic heterocycles. The Balaban J connectivity index is 2.02. The van der Waals surface area contributed by atoms with Gasteiger partial charge in [0, 0.05) is 11.8 Å². The average molecular weight is 312 g/mol. The minimum Gasteiger partial charge on any atom is -0.274 e. The molecule has 3 nitrogen and oxygen atoms in total. The number of nitrogens with zero attached hydrogens (tertiary/aromatic N) is 1. The van der Waals surface area contributed by atoms with E-state index < -0.39 is 5.82 Å². The molecule has 2 aliphatic rings. The third-order valence-corrected chi connectivity index (χ3v) is 4.34. The summed E-state index contributed by atoms with van der Waals surface area (Å²) in [6, 6.07) is 4.22. The third kappa shape index (κ3) is 1.68. The molecule has 1 aliphatic carbocycles. The van der Waals surface area contributed by atoms with Crippen LogP contribution in [0.2, 0.25) is 0 Å². The second-order valence-electron chi connectivity index (χ2n) is 4.82. The topological polar surface area (TPSA) is 37.4 Å². The number of amides is 2. The fraction of sp³-hybridized carbons (Fsp3) is 0.385. The zero-order valence-electron chi connectivity index (χ0n) is 9.53. The van der Waals surface area contributed by atoms with Crippen LogP contribution in [0.5, 0.6) is 0 Å². The second kappa shape index (κ2) is 4.16. The van der Waals surface area contributed by atoms with E-state index >= 15 is 0 Å². The van der Waals surface area contributed by atoms with Gasteiger partial charge in [0.25, 0.3) is 0 Å². The number of benzene rings is 1. The van der Waals surface area contributed by atoms with Crippen LogP contribution in [0, 0.1) is 17.7 Å². The Morgan fingerprint density at radius 3 is 2.33 bits per heavy atom. The van der Waals surface area contributed by atoms with E-state index in [1.54, 1.807) is 0 Å². The Hall–Kier alpha value is -1.23. The molecule has 3 rings (SSSR count). The molecule has 1 saturated carbocycles.